The van der Waals surface area contributed by atoms with Crippen molar-refractivity contribution in [2.24, 2.45) is 0 Å². The molecule has 23 heavy (non-hydrogen) atoms. The average molecular weight is 345 g/mol. The quantitative estimate of drug-likeness (QED) is 0.862. The standard InChI is InChI=1S/C14H14F3N3O2S/c1-9(19-12(21)20-13-18-6-7-23-13)10-2-4-11(5-3-10)22-8-14(15,16)17/h2-7,9H,8H2,1H3,(H2,18,19,20,21)/t9-/m1/s1. The number of nitrogens with zero attached hydrogens (tertiary/aromatic N) is 1. The van der Waals surface area contributed by atoms with Gasteiger partial charge in [0.15, 0.2) is 11.7 Å². The Labute approximate surface area is 134 Å². The van der Waals surface area contributed by atoms with Crippen molar-refractivity contribution < 1.29 is 22.7 Å². The molecule has 0 bridgehead atoms. The van der Waals surface area contributed by atoms with Crippen molar-refractivity contribution in [3.8, 4) is 5.75 Å². The molecule has 0 spiro atoms. The predicted molar refractivity (Wildman–Crippen MR) is 80.7 cm³/mol. The maximum absolute atomic E-state index is 12.1. The van der Waals surface area contributed by atoms with Gasteiger partial charge in [-0.05, 0) is 24.6 Å². The highest BCUT2D eigenvalue weighted by Gasteiger charge is 2.28. The minimum Gasteiger partial charge on any atom is -0.484 e. The molecule has 1 atom stereocenters. The summed E-state index contributed by atoms with van der Waals surface area (Å²) < 4.78 is 40.8. The Morgan fingerprint density at radius 1 is 1.35 bits per heavy atom. The SMILES string of the molecule is C[C@@H](NC(=O)Nc1nccs1)c1ccc(OCC(F)(F)F)cc1. The summed E-state index contributed by atoms with van der Waals surface area (Å²) in [5.41, 5.74) is 0.735. The highest BCUT2D eigenvalue weighted by Crippen LogP contribution is 2.21. The fourth-order valence-corrected chi connectivity index (χ4v) is 2.24. The lowest BCUT2D eigenvalue weighted by atomic mass is 10.1. The smallest absolute Gasteiger partial charge is 0.422 e. The summed E-state index contributed by atoms with van der Waals surface area (Å²) in [5.74, 6) is 0.116. The van der Waals surface area contributed by atoms with Crippen LogP contribution >= 0.6 is 11.3 Å². The molecular formula is C14H14F3N3O2S. The van der Waals surface area contributed by atoms with Crippen LogP contribution in [0, 0.1) is 0 Å². The van der Waals surface area contributed by atoms with E-state index in [0.717, 1.165) is 5.56 Å². The van der Waals surface area contributed by atoms with Crippen molar-refractivity contribution in [3.05, 3.63) is 41.4 Å². The highest BCUT2D eigenvalue weighted by molar-refractivity contribution is 7.13. The van der Waals surface area contributed by atoms with Gasteiger partial charge in [0.05, 0.1) is 6.04 Å². The van der Waals surface area contributed by atoms with Crippen LogP contribution in [0.1, 0.15) is 18.5 Å². The van der Waals surface area contributed by atoms with E-state index >= 15 is 0 Å². The number of aromatic nitrogens is 1. The van der Waals surface area contributed by atoms with Gasteiger partial charge in [0.1, 0.15) is 5.75 Å². The van der Waals surface area contributed by atoms with Gasteiger partial charge in [-0.2, -0.15) is 13.2 Å². The van der Waals surface area contributed by atoms with E-state index in [0.29, 0.717) is 5.13 Å². The monoisotopic (exact) mass is 345 g/mol. The van der Waals surface area contributed by atoms with E-state index in [-0.39, 0.29) is 11.8 Å². The van der Waals surface area contributed by atoms with Crippen molar-refractivity contribution in [2.45, 2.75) is 19.1 Å². The molecule has 124 valence electrons. The van der Waals surface area contributed by atoms with Crippen LogP contribution in [0.25, 0.3) is 0 Å². The Morgan fingerprint density at radius 2 is 2.04 bits per heavy atom. The molecule has 0 aliphatic carbocycles. The largest absolute Gasteiger partial charge is 0.484 e. The Morgan fingerprint density at radius 3 is 2.61 bits per heavy atom. The number of ether oxygens (including phenoxy) is 1. The minimum atomic E-state index is -4.37. The number of amides is 2. The van der Waals surface area contributed by atoms with Crippen LogP contribution in [0.4, 0.5) is 23.1 Å². The summed E-state index contributed by atoms with van der Waals surface area (Å²) in [5, 5.41) is 7.50. The van der Waals surface area contributed by atoms with Gasteiger partial charge in [0, 0.05) is 11.6 Å². The number of benzene rings is 1. The fraction of sp³-hybridized carbons (Fsp3) is 0.286. The number of carbonyl (C=O) groups excluding carboxylic acids is 1. The zero-order valence-corrected chi connectivity index (χ0v) is 12.9. The molecule has 2 aromatic rings. The summed E-state index contributed by atoms with van der Waals surface area (Å²) in [7, 11) is 0. The van der Waals surface area contributed by atoms with Gasteiger partial charge in [-0.3, -0.25) is 5.32 Å². The summed E-state index contributed by atoms with van der Waals surface area (Å²) >= 11 is 1.29. The number of thiazole rings is 1. The third kappa shape index (κ3) is 5.78. The van der Waals surface area contributed by atoms with E-state index < -0.39 is 18.8 Å². The number of carbonyl (C=O) groups is 1. The van der Waals surface area contributed by atoms with Crippen LogP contribution in [0.5, 0.6) is 5.75 Å². The summed E-state index contributed by atoms with van der Waals surface area (Å²) in [6.45, 7) is 0.420. The Bertz CT molecular complexity index is 630. The molecule has 0 aliphatic heterocycles. The van der Waals surface area contributed by atoms with E-state index in [1.807, 2.05) is 0 Å². The second-order valence-corrected chi connectivity index (χ2v) is 5.52. The van der Waals surface area contributed by atoms with Crippen LogP contribution < -0.4 is 15.4 Å². The first kappa shape index (κ1) is 17.1. The van der Waals surface area contributed by atoms with Gasteiger partial charge in [0.2, 0.25) is 0 Å². The number of nitrogens with one attached hydrogen (secondary N) is 2. The zero-order valence-electron chi connectivity index (χ0n) is 12.1. The van der Waals surface area contributed by atoms with Crippen LogP contribution in [0.2, 0.25) is 0 Å². The number of halogens is 3. The van der Waals surface area contributed by atoms with Gasteiger partial charge in [-0.1, -0.05) is 12.1 Å². The molecular weight excluding hydrogens is 331 g/mol. The number of rotatable bonds is 5. The fourth-order valence-electron chi connectivity index (χ4n) is 1.72. The first-order valence-corrected chi connectivity index (χ1v) is 7.48. The van der Waals surface area contributed by atoms with Crippen LogP contribution in [-0.4, -0.2) is 23.8 Å². The number of hydrogen-bond donors (Lipinski definition) is 2. The van der Waals surface area contributed by atoms with Crippen LogP contribution in [-0.2, 0) is 0 Å². The molecule has 0 radical (unpaired) electrons. The molecule has 0 saturated carbocycles. The molecule has 2 N–H and O–H groups in total. The Kier molecular flexibility index (Phi) is 5.43. The van der Waals surface area contributed by atoms with E-state index in [9.17, 15) is 18.0 Å². The number of alkyl halides is 3. The molecule has 0 aliphatic rings. The van der Waals surface area contributed by atoms with Crippen LogP contribution in [0.3, 0.4) is 0 Å². The van der Waals surface area contributed by atoms with E-state index in [2.05, 4.69) is 20.4 Å². The molecule has 0 saturated heterocycles. The zero-order chi connectivity index (χ0) is 16.9. The summed E-state index contributed by atoms with van der Waals surface area (Å²) in [6.07, 6.45) is -2.80. The van der Waals surface area contributed by atoms with E-state index in [1.54, 1.807) is 30.6 Å². The van der Waals surface area contributed by atoms with Gasteiger partial charge in [-0.25, -0.2) is 9.78 Å². The van der Waals surface area contributed by atoms with Crippen LogP contribution in [0.15, 0.2) is 35.8 Å². The minimum absolute atomic E-state index is 0.116. The van der Waals surface area contributed by atoms with Crippen molar-refractivity contribution in [1.29, 1.82) is 0 Å². The lowest BCUT2D eigenvalue weighted by molar-refractivity contribution is -0.153. The first-order valence-electron chi connectivity index (χ1n) is 6.60. The molecule has 1 aromatic heterocycles. The molecule has 0 unspecified atom stereocenters. The third-order valence-electron chi connectivity index (χ3n) is 2.78. The van der Waals surface area contributed by atoms with E-state index in [4.69, 9.17) is 0 Å². The Balaban J connectivity index is 1.87. The molecule has 5 nitrogen and oxygen atoms in total. The first-order chi connectivity index (χ1) is 10.8. The van der Waals surface area contributed by atoms with E-state index in [1.165, 1.54) is 23.5 Å². The Hall–Kier alpha value is -2.29. The van der Waals surface area contributed by atoms with Gasteiger partial charge >= 0.3 is 12.2 Å². The van der Waals surface area contributed by atoms with Crippen molar-refractivity contribution in [1.82, 2.24) is 10.3 Å². The van der Waals surface area contributed by atoms with Gasteiger partial charge in [-0.15, -0.1) is 11.3 Å². The lowest BCUT2D eigenvalue weighted by Crippen LogP contribution is -2.31. The maximum Gasteiger partial charge on any atom is 0.422 e. The normalized spacial score (nSPS) is 12.5. The van der Waals surface area contributed by atoms with Crippen molar-refractivity contribution in [3.63, 3.8) is 0 Å². The summed E-state index contributed by atoms with van der Waals surface area (Å²) in [4.78, 5) is 15.7. The molecule has 1 aromatic carbocycles. The molecule has 0 fully saturated rings. The number of anilines is 1. The topological polar surface area (TPSA) is 63.2 Å². The molecule has 1 heterocycles. The predicted octanol–water partition coefficient (Wildman–Crippen LogP) is 3.97. The third-order valence-corrected chi connectivity index (χ3v) is 3.47. The average Bonchev–Trinajstić information content (AvgIpc) is 2.97. The number of urea groups is 1. The summed E-state index contributed by atoms with van der Waals surface area (Å²) in [6, 6.07) is 5.31. The van der Waals surface area contributed by atoms with Gasteiger partial charge in [0.25, 0.3) is 0 Å². The highest BCUT2D eigenvalue weighted by atomic mass is 32.1. The second kappa shape index (κ2) is 7.32. The number of hydrogen-bond acceptors (Lipinski definition) is 4. The molecule has 2 amide bonds. The second-order valence-electron chi connectivity index (χ2n) is 4.63. The van der Waals surface area contributed by atoms with Crippen molar-refractivity contribution >= 4 is 22.5 Å². The van der Waals surface area contributed by atoms with Gasteiger partial charge < -0.3 is 10.1 Å². The maximum atomic E-state index is 12.1. The molecule has 9 heteroatoms. The lowest BCUT2D eigenvalue weighted by Gasteiger charge is -2.15. The molecule has 2 rings (SSSR count). The van der Waals surface area contributed by atoms with Crippen molar-refractivity contribution in [2.75, 3.05) is 11.9 Å².